The number of carboxylic acids is 1. The van der Waals surface area contributed by atoms with Crippen LogP contribution in [0, 0.1) is 0 Å². The molecule has 0 aliphatic heterocycles. The van der Waals surface area contributed by atoms with Crippen LogP contribution in [0.15, 0.2) is 5.38 Å². The highest BCUT2D eigenvalue weighted by molar-refractivity contribution is 7.11. The van der Waals surface area contributed by atoms with E-state index in [1.807, 2.05) is 0 Å². The molecule has 1 aliphatic carbocycles. The van der Waals surface area contributed by atoms with Gasteiger partial charge in [-0.25, -0.2) is 9.78 Å². The fourth-order valence-electron chi connectivity index (χ4n) is 1.73. The van der Waals surface area contributed by atoms with Crippen molar-refractivity contribution in [2.24, 2.45) is 0 Å². The molecule has 0 unspecified atom stereocenters. The molecule has 0 aromatic carbocycles. The smallest absolute Gasteiger partial charge is 0.365 e. The second-order valence-corrected chi connectivity index (χ2v) is 4.65. The first-order chi connectivity index (χ1) is 7.75. The molecule has 0 atom stereocenters. The van der Waals surface area contributed by atoms with E-state index in [-0.39, 0.29) is 5.01 Å². The van der Waals surface area contributed by atoms with Crippen molar-refractivity contribution in [3.8, 4) is 0 Å². The Balaban J connectivity index is 1.74. The molecule has 0 bridgehead atoms. The van der Waals surface area contributed by atoms with E-state index >= 15 is 0 Å². The Morgan fingerprint density at radius 3 is 3.00 bits per heavy atom. The van der Waals surface area contributed by atoms with Crippen LogP contribution < -0.4 is 5.48 Å². The normalized spacial score (nSPS) is 16.8. The number of nitrogens with one attached hydrogen (secondary N) is 1. The quantitative estimate of drug-likeness (QED) is 0.770. The van der Waals surface area contributed by atoms with E-state index in [1.54, 1.807) is 5.38 Å². The molecule has 6 heteroatoms. The molecule has 1 saturated carbocycles. The van der Waals surface area contributed by atoms with E-state index in [1.165, 1.54) is 12.8 Å². The van der Waals surface area contributed by atoms with Gasteiger partial charge in [0.25, 0.3) is 0 Å². The summed E-state index contributed by atoms with van der Waals surface area (Å²) < 4.78 is 0. The summed E-state index contributed by atoms with van der Waals surface area (Å²) in [5, 5.41) is 10.5. The third-order valence-electron chi connectivity index (χ3n) is 2.54. The molecule has 1 aromatic rings. The minimum atomic E-state index is -0.979. The highest BCUT2D eigenvalue weighted by atomic mass is 32.1. The van der Waals surface area contributed by atoms with E-state index < -0.39 is 5.97 Å². The summed E-state index contributed by atoms with van der Waals surface area (Å²) in [6.07, 6.45) is 4.96. The second kappa shape index (κ2) is 5.38. The Bertz CT molecular complexity index is 361. The average Bonchev–Trinajstić information content (AvgIpc) is 2.87. The molecule has 0 radical (unpaired) electrons. The largest absolute Gasteiger partial charge is 0.476 e. The number of carboxylic acid groups (broad SMARTS) is 1. The van der Waals surface area contributed by atoms with E-state index in [0.717, 1.165) is 24.2 Å². The van der Waals surface area contributed by atoms with Crippen LogP contribution in [0.4, 0.5) is 0 Å². The number of rotatable bonds is 5. The number of hydrogen-bond acceptors (Lipinski definition) is 5. The summed E-state index contributed by atoms with van der Waals surface area (Å²) in [4.78, 5) is 20.0. The van der Waals surface area contributed by atoms with E-state index in [4.69, 9.17) is 9.94 Å². The van der Waals surface area contributed by atoms with Crippen molar-refractivity contribution in [1.82, 2.24) is 10.5 Å². The van der Waals surface area contributed by atoms with Gasteiger partial charge in [-0.05, 0) is 12.8 Å². The number of thiazole rings is 1. The van der Waals surface area contributed by atoms with Gasteiger partial charge < -0.3 is 5.11 Å². The molecular weight excluding hydrogens is 228 g/mol. The number of aromatic nitrogens is 1. The van der Waals surface area contributed by atoms with E-state index in [2.05, 4.69) is 10.5 Å². The molecule has 1 aromatic heterocycles. The van der Waals surface area contributed by atoms with E-state index in [0.29, 0.717) is 18.3 Å². The third kappa shape index (κ3) is 3.01. The van der Waals surface area contributed by atoms with Crippen LogP contribution in [-0.4, -0.2) is 22.2 Å². The van der Waals surface area contributed by atoms with Crippen molar-refractivity contribution in [2.45, 2.75) is 38.3 Å². The average molecular weight is 242 g/mol. The molecule has 1 heterocycles. The summed E-state index contributed by atoms with van der Waals surface area (Å²) >= 11 is 1.13. The summed E-state index contributed by atoms with van der Waals surface area (Å²) in [5.74, 6) is -0.979. The lowest BCUT2D eigenvalue weighted by Gasteiger charge is -2.10. The van der Waals surface area contributed by atoms with Crippen molar-refractivity contribution in [2.75, 3.05) is 0 Å². The van der Waals surface area contributed by atoms with Crippen LogP contribution in [0.25, 0.3) is 0 Å². The lowest BCUT2D eigenvalue weighted by molar-refractivity contribution is -0.0248. The van der Waals surface area contributed by atoms with Crippen molar-refractivity contribution in [1.29, 1.82) is 0 Å². The van der Waals surface area contributed by atoms with Gasteiger partial charge in [-0.3, -0.25) is 4.84 Å². The Morgan fingerprint density at radius 2 is 2.38 bits per heavy atom. The molecule has 0 saturated heterocycles. The van der Waals surface area contributed by atoms with Gasteiger partial charge in [0.1, 0.15) is 0 Å². The maximum atomic E-state index is 10.6. The van der Waals surface area contributed by atoms with Crippen LogP contribution in [0.3, 0.4) is 0 Å². The minimum absolute atomic E-state index is 0.123. The number of hydroxylamine groups is 1. The van der Waals surface area contributed by atoms with Crippen molar-refractivity contribution in [3.05, 3.63) is 16.1 Å². The van der Waals surface area contributed by atoms with Crippen LogP contribution in [0.5, 0.6) is 0 Å². The van der Waals surface area contributed by atoms with Crippen molar-refractivity contribution in [3.63, 3.8) is 0 Å². The molecular formula is C10H14N2O3S. The van der Waals surface area contributed by atoms with Gasteiger partial charge in [-0.15, -0.1) is 11.3 Å². The van der Waals surface area contributed by atoms with Crippen LogP contribution in [0.2, 0.25) is 0 Å². The molecule has 88 valence electrons. The summed E-state index contributed by atoms with van der Waals surface area (Å²) in [5.41, 5.74) is 3.56. The minimum Gasteiger partial charge on any atom is -0.476 e. The summed E-state index contributed by atoms with van der Waals surface area (Å²) in [7, 11) is 0. The number of carbonyl (C=O) groups is 1. The highest BCUT2D eigenvalue weighted by Gasteiger charge is 2.15. The Kier molecular flexibility index (Phi) is 3.87. The molecule has 0 spiro atoms. The van der Waals surface area contributed by atoms with Gasteiger partial charge >= 0.3 is 5.97 Å². The Morgan fingerprint density at radius 1 is 1.62 bits per heavy atom. The first kappa shape index (κ1) is 11.5. The fourth-order valence-corrected chi connectivity index (χ4v) is 2.38. The standard InChI is InChI=1S/C10H14N2O3S/c13-10(14)9-12-7(6-16-9)5-11-15-8-3-1-2-4-8/h6,8,11H,1-5H2,(H,13,14). The number of hydrogen-bond donors (Lipinski definition) is 2. The second-order valence-electron chi connectivity index (χ2n) is 3.79. The van der Waals surface area contributed by atoms with Gasteiger partial charge in [0.15, 0.2) is 0 Å². The lowest BCUT2D eigenvalue weighted by atomic mass is 10.3. The molecule has 1 aliphatic rings. The topological polar surface area (TPSA) is 71.5 Å². The van der Waals surface area contributed by atoms with Gasteiger partial charge in [0.05, 0.1) is 18.3 Å². The van der Waals surface area contributed by atoms with E-state index in [9.17, 15) is 4.79 Å². The predicted molar refractivity (Wildman–Crippen MR) is 59.3 cm³/mol. The Hall–Kier alpha value is -0.980. The summed E-state index contributed by atoms with van der Waals surface area (Å²) in [6, 6.07) is 0. The maximum Gasteiger partial charge on any atom is 0.365 e. The molecule has 2 N–H and O–H groups in total. The zero-order valence-corrected chi connectivity index (χ0v) is 9.63. The fraction of sp³-hybridized carbons (Fsp3) is 0.600. The zero-order valence-electron chi connectivity index (χ0n) is 8.81. The SMILES string of the molecule is O=C(O)c1nc(CNOC2CCCC2)cs1. The molecule has 16 heavy (non-hydrogen) atoms. The lowest BCUT2D eigenvalue weighted by Crippen LogP contribution is -2.21. The number of nitrogens with zero attached hydrogens (tertiary/aromatic N) is 1. The molecule has 2 rings (SSSR count). The number of aromatic carboxylic acids is 1. The van der Waals surface area contributed by atoms with Crippen LogP contribution >= 0.6 is 11.3 Å². The first-order valence-corrected chi connectivity index (χ1v) is 6.20. The maximum absolute atomic E-state index is 10.6. The first-order valence-electron chi connectivity index (χ1n) is 5.32. The van der Waals surface area contributed by atoms with Crippen LogP contribution in [-0.2, 0) is 11.4 Å². The van der Waals surface area contributed by atoms with Crippen molar-refractivity contribution >= 4 is 17.3 Å². The molecule has 1 fully saturated rings. The third-order valence-corrected chi connectivity index (χ3v) is 3.42. The van der Waals surface area contributed by atoms with Gasteiger partial charge in [0.2, 0.25) is 5.01 Å². The molecule has 5 nitrogen and oxygen atoms in total. The van der Waals surface area contributed by atoms with Gasteiger partial charge in [0, 0.05) is 5.38 Å². The van der Waals surface area contributed by atoms with Gasteiger partial charge in [-0.2, -0.15) is 5.48 Å². The van der Waals surface area contributed by atoms with Crippen molar-refractivity contribution < 1.29 is 14.7 Å². The monoisotopic (exact) mass is 242 g/mol. The Labute approximate surface area is 97.4 Å². The van der Waals surface area contributed by atoms with Crippen LogP contribution in [0.1, 0.15) is 41.2 Å². The highest BCUT2D eigenvalue weighted by Crippen LogP contribution is 2.20. The predicted octanol–water partition coefficient (Wildman–Crippen LogP) is 1.81. The van der Waals surface area contributed by atoms with Gasteiger partial charge in [-0.1, -0.05) is 12.8 Å². The molecule has 0 amide bonds. The zero-order chi connectivity index (χ0) is 11.4. The summed E-state index contributed by atoms with van der Waals surface area (Å²) in [6.45, 7) is 0.459.